The number of hydrogen-bond donors (Lipinski definition) is 2. The molecule has 1 aromatic carbocycles. The lowest BCUT2D eigenvalue weighted by Gasteiger charge is -1.99. The zero-order valence-electron chi connectivity index (χ0n) is 9.33. The Hall–Kier alpha value is -1.98. The van der Waals surface area contributed by atoms with E-state index in [1.165, 1.54) is 12.1 Å². The summed E-state index contributed by atoms with van der Waals surface area (Å²) in [5.74, 6) is -1.31. The third-order valence-corrected chi connectivity index (χ3v) is 2.65. The normalized spacial score (nSPS) is 14.8. The van der Waals surface area contributed by atoms with Gasteiger partial charge in [-0.05, 0) is 12.1 Å². The van der Waals surface area contributed by atoms with E-state index in [0.717, 1.165) is 0 Å². The average molecular weight is 313 g/mol. The summed E-state index contributed by atoms with van der Waals surface area (Å²) in [4.78, 5) is 22.1. The van der Waals surface area contributed by atoms with Gasteiger partial charge in [-0.2, -0.15) is 21.6 Å². The van der Waals surface area contributed by atoms with Crippen molar-refractivity contribution in [3.63, 3.8) is 0 Å². The lowest BCUT2D eigenvalue weighted by molar-refractivity contribution is -0.0510. The summed E-state index contributed by atoms with van der Waals surface area (Å²) in [7, 11) is -5.84. The second kappa shape index (κ2) is 5.19. The molecule has 0 aromatic heterocycles. The summed E-state index contributed by atoms with van der Waals surface area (Å²) >= 11 is 0. The summed E-state index contributed by atoms with van der Waals surface area (Å²) < 4.78 is 57.5. The number of benzene rings is 1. The van der Waals surface area contributed by atoms with Crippen molar-refractivity contribution in [1.29, 1.82) is 0 Å². The van der Waals surface area contributed by atoms with E-state index in [-0.39, 0.29) is 16.2 Å². The van der Waals surface area contributed by atoms with Gasteiger partial charge in [-0.3, -0.25) is 19.3 Å². The van der Waals surface area contributed by atoms with Crippen molar-refractivity contribution < 1.29 is 40.9 Å². The highest BCUT2D eigenvalue weighted by atomic mass is 32.2. The van der Waals surface area contributed by atoms with E-state index in [9.17, 15) is 22.8 Å². The lowest BCUT2D eigenvalue weighted by atomic mass is 10.1. The van der Waals surface area contributed by atoms with E-state index in [1.54, 1.807) is 12.1 Å². The number of alkyl halides is 3. The second-order valence-electron chi connectivity index (χ2n) is 3.39. The molecule has 110 valence electrons. The lowest BCUT2D eigenvalue weighted by Crippen LogP contribution is -2.25. The van der Waals surface area contributed by atoms with Gasteiger partial charge in [-0.15, -0.1) is 5.06 Å². The molecule has 0 saturated carbocycles. The number of halogens is 3. The molecule has 1 aliphatic heterocycles. The number of amides is 2. The van der Waals surface area contributed by atoms with Crippen molar-refractivity contribution in [1.82, 2.24) is 5.06 Å². The molecular formula is C9H6F3NO6S. The van der Waals surface area contributed by atoms with Crippen LogP contribution in [0.15, 0.2) is 24.3 Å². The maximum atomic E-state index is 11.1. The summed E-state index contributed by atoms with van der Waals surface area (Å²) in [6.07, 6.45) is 0. The number of hydrogen-bond acceptors (Lipinski definition) is 5. The SMILES string of the molecule is O=C1c2ccccc2C(=O)N1O.O=S(=O)(O)C(F)(F)F. The van der Waals surface area contributed by atoms with E-state index in [0.29, 0.717) is 0 Å². The molecular weight excluding hydrogens is 307 g/mol. The van der Waals surface area contributed by atoms with Crippen LogP contribution in [0.2, 0.25) is 0 Å². The Bertz CT molecular complexity index is 619. The molecule has 2 rings (SSSR count). The van der Waals surface area contributed by atoms with Crippen molar-refractivity contribution in [2.75, 3.05) is 0 Å². The highest BCUT2D eigenvalue weighted by Gasteiger charge is 2.44. The fourth-order valence-corrected chi connectivity index (χ4v) is 1.18. The maximum absolute atomic E-state index is 11.1. The Balaban J connectivity index is 0.000000221. The quantitative estimate of drug-likeness (QED) is 0.321. The van der Waals surface area contributed by atoms with Crippen LogP contribution in [0.4, 0.5) is 13.2 Å². The van der Waals surface area contributed by atoms with Gasteiger partial charge in [0.15, 0.2) is 0 Å². The van der Waals surface area contributed by atoms with Gasteiger partial charge < -0.3 is 0 Å². The fraction of sp³-hybridized carbons (Fsp3) is 0.111. The predicted molar refractivity (Wildman–Crippen MR) is 56.3 cm³/mol. The molecule has 1 heterocycles. The van der Waals surface area contributed by atoms with Crippen molar-refractivity contribution in [2.45, 2.75) is 5.51 Å². The maximum Gasteiger partial charge on any atom is 0.522 e. The molecule has 20 heavy (non-hydrogen) atoms. The van der Waals surface area contributed by atoms with Crippen LogP contribution in [0, 0.1) is 0 Å². The second-order valence-corrected chi connectivity index (χ2v) is 4.80. The minimum atomic E-state index is -5.84. The average Bonchev–Trinajstić information content (AvgIpc) is 2.54. The molecule has 1 aromatic rings. The smallest absolute Gasteiger partial charge is 0.279 e. The van der Waals surface area contributed by atoms with Gasteiger partial charge in [-0.25, -0.2) is 0 Å². The summed E-state index contributed by atoms with van der Waals surface area (Å²) in [5, 5.41) is 9.05. The van der Waals surface area contributed by atoms with Crippen LogP contribution >= 0.6 is 0 Å². The first-order valence-electron chi connectivity index (χ1n) is 4.67. The van der Waals surface area contributed by atoms with Gasteiger partial charge in [0.1, 0.15) is 0 Å². The van der Waals surface area contributed by atoms with Gasteiger partial charge in [-0.1, -0.05) is 12.1 Å². The Morgan fingerprint density at radius 3 is 1.55 bits per heavy atom. The van der Waals surface area contributed by atoms with Gasteiger partial charge in [0.05, 0.1) is 11.1 Å². The predicted octanol–water partition coefficient (Wildman–Crippen LogP) is 1.07. The van der Waals surface area contributed by atoms with E-state index in [4.69, 9.17) is 18.2 Å². The molecule has 11 heteroatoms. The van der Waals surface area contributed by atoms with Crippen molar-refractivity contribution in [2.24, 2.45) is 0 Å². The van der Waals surface area contributed by atoms with E-state index in [2.05, 4.69) is 0 Å². The number of carbonyl (C=O) groups is 2. The van der Waals surface area contributed by atoms with Crippen molar-refractivity contribution in [3.05, 3.63) is 35.4 Å². The highest BCUT2D eigenvalue weighted by molar-refractivity contribution is 7.86. The largest absolute Gasteiger partial charge is 0.522 e. The minimum Gasteiger partial charge on any atom is -0.279 e. The molecule has 0 spiro atoms. The summed E-state index contributed by atoms with van der Waals surface area (Å²) in [6.45, 7) is 0. The first kappa shape index (κ1) is 16.1. The molecule has 0 unspecified atom stereocenters. The van der Waals surface area contributed by atoms with Gasteiger partial charge in [0, 0.05) is 0 Å². The van der Waals surface area contributed by atoms with Gasteiger partial charge in [0.2, 0.25) is 0 Å². The van der Waals surface area contributed by atoms with Crippen LogP contribution in [-0.2, 0) is 10.1 Å². The van der Waals surface area contributed by atoms with E-state index >= 15 is 0 Å². The monoisotopic (exact) mass is 313 g/mol. The molecule has 2 N–H and O–H groups in total. The number of carbonyl (C=O) groups excluding carboxylic acids is 2. The third kappa shape index (κ3) is 3.12. The Morgan fingerprint density at radius 1 is 1.00 bits per heavy atom. The number of imide groups is 1. The first-order valence-corrected chi connectivity index (χ1v) is 6.11. The molecule has 2 amide bonds. The molecule has 0 fully saturated rings. The molecule has 0 bridgehead atoms. The molecule has 7 nitrogen and oxygen atoms in total. The van der Waals surface area contributed by atoms with Crippen LogP contribution in [0.5, 0.6) is 0 Å². The van der Waals surface area contributed by atoms with Crippen LogP contribution in [0.3, 0.4) is 0 Å². The van der Waals surface area contributed by atoms with Crippen LogP contribution in [-0.4, -0.2) is 40.6 Å². The molecule has 0 saturated heterocycles. The first-order chi connectivity index (χ1) is 8.97. The Morgan fingerprint density at radius 2 is 1.30 bits per heavy atom. The molecule has 0 aliphatic carbocycles. The standard InChI is InChI=1S/C8H5NO3.CHF3O3S/c10-7-5-3-1-2-4-6(5)8(11)9(7)12;2-1(3,4)8(5,6)7/h1-4,12H;(H,5,6,7). The zero-order chi connectivity index (χ0) is 15.7. The van der Waals surface area contributed by atoms with Crippen molar-refractivity contribution >= 4 is 21.9 Å². The van der Waals surface area contributed by atoms with Crippen LogP contribution < -0.4 is 0 Å². The topological polar surface area (TPSA) is 112 Å². The highest BCUT2D eigenvalue weighted by Crippen LogP contribution is 2.21. The molecule has 0 atom stereocenters. The number of rotatable bonds is 0. The fourth-order valence-electron chi connectivity index (χ4n) is 1.18. The van der Waals surface area contributed by atoms with Crippen LogP contribution in [0.1, 0.15) is 20.7 Å². The number of nitrogens with zero attached hydrogens (tertiary/aromatic N) is 1. The summed E-state index contributed by atoms with van der Waals surface area (Å²) in [5.41, 5.74) is -5.03. The Labute approximate surface area is 109 Å². The third-order valence-electron chi connectivity index (χ3n) is 2.07. The molecule has 0 radical (unpaired) electrons. The van der Waals surface area contributed by atoms with E-state index < -0.39 is 27.4 Å². The van der Waals surface area contributed by atoms with Gasteiger partial charge >= 0.3 is 15.6 Å². The van der Waals surface area contributed by atoms with Crippen LogP contribution in [0.25, 0.3) is 0 Å². The summed E-state index contributed by atoms with van der Waals surface area (Å²) in [6, 6.07) is 6.30. The minimum absolute atomic E-state index is 0.130. The zero-order valence-corrected chi connectivity index (χ0v) is 10.1. The molecule has 1 aliphatic rings. The van der Waals surface area contributed by atoms with Crippen molar-refractivity contribution in [3.8, 4) is 0 Å². The van der Waals surface area contributed by atoms with Gasteiger partial charge in [0.25, 0.3) is 11.8 Å². The number of fused-ring (bicyclic) bond motifs is 1. The van der Waals surface area contributed by atoms with E-state index in [1.807, 2.05) is 0 Å². The Kier molecular flexibility index (Phi) is 4.17. The number of hydroxylamine groups is 2.